The number of nitrogens with zero attached hydrogens (tertiary/aromatic N) is 8. The zero-order valence-electron chi connectivity index (χ0n) is 37.4. The third-order valence-corrected chi connectivity index (χ3v) is 15.0. The molecule has 4 aliphatic heterocycles. The summed E-state index contributed by atoms with van der Waals surface area (Å²) in [5, 5.41) is 2.37. The van der Waals surface area contributed by atoms with Crippen LogP contribution in [0.15, 0.2) is 36.2 Å². The predicted molar refractivity (Wildman–Crippen MR) is 244 cm³/mol. The van der Waals surface area contributed by atoms with Gasteiger partial charge in [0, 0.05) is 57.4 Å². The lowest BCUT2D eigenvalue weighted by atomic mass is 9.88. The van der Waals surface area contributed by atoms with Crippen LogP contribution in [0.2, 0.25) is 0 Å². The van der Waals surface area contributed by atoms with Crippen molar-refractivity contribution in [2.75, 3.05) is 7.05 Å². The minimum atomic E-state index is 0.445. The molecule has 4 aliphatic rings. The number of rotatable bonds is 0. The van der Waals surface area contributed by atoms with Gasteiger partial charge in [-0.15, -0.1) is 0 Å². The lowest BCUT2D eigenvalue weighted by Crippen LogP contribution is -2.34. The van der Waals surface area contributed by atoms with Crippen LogP contribution in [-0.4, -0.2) is 51.5 Å². The van der Waals surface area contributed by atoms with Gasteiger partial charge in [-0.2, -0.15) is 0 Å². The van der Waals surface area contributed by atoms with Crippen LogP contribution in [0.3, 0.4) is 0 Å². The Morgan fingerprint density at radius 2 is 0.914 bits per heavy atom. The highest BCUT2D eigenvalue weighted by molar-refractivity contribution is 6.35. The summed E-state index contributed by atoms with van der Waals surface area (Å²) in [6.45, 7) is 36.0. The molecule has 5 heterocycles. The maximum atomic E-state index is 5.71. The number of aliphatic imine (C=N–C) groups is 6. The number of hydrogen-bond donors (Lipinski definition) is 0. The van der Waals surface area contributed by atoms with Gasteiger partial charge in [-0.25, -0.2) is 25.0 Å². The van der Waals surface area contributed by atoms with Crippen molar-refractivity contribution in [2.45, 2.75) is 117 Å². The van der Waals surface area contributed by atoms with Gasteiger partial charge < -0.3 is 4.57 Å². The van der Waals surface area contributed by atoms with Gasteiger partial charge >= 0.3 is 0 Å². The van der Waals surface area contributed by atoms with Crippen molar-refractivity contribution >= 4 is 51.6 Å². The number of hydrogen-bond acceptors (Lipinski definition) is 5. The van der Waals surface area contributed by atoms with Gasteiger partial charge in [0.2, 0.25) is 0 Å². The van der Waals surface area contributed by atoms with E-state index < -0.39 is 0 Å². The van der Waals surface area contributed by atoms with Gasteiger partial charge in [-0.05, 0) is 200 Å². The summed E-state index contributed by atoms with van der Waals surface area (Å²) >= 11 is 0. The molecule has 8 heteroatoms. The first-order valence-corrected chi connectivity index (χ1v) is 20.5. The zero-order chi connectivity index (χ0) is 41.7. The highest BCUT2D eigenvalue weighted by atomic mass is 15.4. The fraction of sp³-hybridized carbons (Fsp3) is 0.360. The maximum Gasteiger partial charge on any atom is 0.165 e. The minimum absolute atomic E-state index is 0.445. The molecule has 2 bridgehead atoms. The molecule has 0 amide bonds. The Bertz CT molecular complexity index is 3020. The van der Waals surface area contributed by atoms with Crippen molar-refractivity contribution in [3.8, 4) is 0 Å². The van der Waals surface area contributed by atoms with E-state index in [0.29, 0.717) is 18.3 Å². The molecular weight excluding hydrogens is 713 g/mol. The smallest absolute Gasteiger partial charge is 0.165 e. The zero-order valence-corrected chi connectivity index (χ0v) is 37.4. The molecule has 8 nitrogen and oxygen atoms in total. The second-order valence-electron chi connectivity index (χ2n) is 17.3. The van der Waals surface area contributed by atoms with Crippen molar-refractivity contribution < 1.29 is 0 Å². The van der Waals surface area contributed by atoms with Gasteiger partial charge in [-0.3, -0.25) is 9.89 Å². The predicted octanol–water partition coefficient (Wildman–Crippen LogP) is 10.7. The summed E-state index contributed by atoms with van der Waals surface area (Å²) in [4.78, 5) is 34.6. The van der Waals surface area contributed by atoms with E-state index in [4.69, 9.17) is 30.0 Å². The van der Waals surface area contributed by atoms with E-state index in [1.165, 1.54) is 99.8 Å². The van der Waals surface area contributed by atoms with Crippen molar-refractivity contribution in [3.63, 3.8) is 0 Å². The molecule has 0 unspecified atom stereocenters. The van der Waals surface area contributed by atoms with Crippen LogP contribution >= 0.6 is 0 Å². The monoisotopic (exact) mass is 766 g/mol. The van der Waals surface area contributed by atoms with Gasteiger partial charge in [0.05, 0.1) is 0 Å². The lowest BCUT2D eigenvalue weighted by Gasteiger charge is -2.23. The quantitative estimate of drug-likeness (QED) is 0.154. The SMILES string of the molecule is C/N=C1N=C(/N=C2/c3c(C)c(C)c(C)c(C)c3/C3=N/C4=NC(=N\c5c6c(C)c(C)c(C)c(C)c6cn5CN23)/c2c(C)c(C)c(C)c(C)c24)c2c(C)c(C)c(C)c(C)c2\1. The third kappa shape index (κ3) is 4.74. The molecule has 294 valence electrons. The first-order chi connectivity index (χ1) is 27.4. The Morgan fingerprint density at radius 1 is 0.448 bits per heavy atom. The number of aryl methyl sites for hydroxylation is 2. The Kier molecular flexibility index (Phi) is 8.22. The van der Waals surface area contributed by atoms with Crippen LogP contribution in [0.1, 0.15) is 122 Å². The minimum Gasteiger partial charge on any atom is -0.313 e. The van der Waals surface area contributed by atoms with Crippen LogP contribution < -0.4 is 0 Å². The molecule has 0 saturated heterocycles. The van der Waals surface area contributed by atoms with Gasteiger partial charge in [-0.1, -0.05) is 0 Å². The molecule has 0 radical (unpaired) electrons. The molecule has 0 N–H and O–H groups in total. The molecule has 0 atom stereocenters. The van der Waals surface area contributed by atoms with Crippen LogP contribution in [0.25, 0.3) is 10.8 Å². The van der Waals surface area contributed by atoms with E-state index in [-0.39, 0.29) is 0 Å². The molecule has 0 saturated carbocycles. The van der Waals surface area contributed by atoms with Crippen LogP contribution in [0.5, 0.6) is 0 Å². The van der Waals surface area contributed by atoms with Gasteiger partial charge in [0.15, 0.2) is 23.3 Å². The molecule has 58 heavy (non-hydrogen) atoms. The number of amidine groups is 6. The summed E-state index contributed by atoms with van der Waals surface area (Å²) in [5.41, 5.74) is 26.3. The molecule has 0 fully saturated rings. The van der Waals surface area contributed by atoms with Gasteiger partial charge in [0.1, 0.15) is 24.2 Å². The first-order valence-electron chi connectivity index (χ1n) is 20.5. The normalized spacial score (nSPS) is 18.5. The van der Waals surface area contributed by atoms with Crippen LogP contribution in [-0.2, 0) is 6.67 Å². The van der Waals surface area contributed by atoms with Crippen molar-refractivity contribution in [3.05, 3.63) is 129 Å². The molecule has 0 aliphatic carbocycles. The average molecular weight is 767 g/mol. The standard InChI is InChI=1S/C50H54N8/c1-20-21(2)29(10)37-36(28(20)9)18-57-19-58-49(55-45-39-31(12)23(4)22(3)30(11)38(39)44(51-17)52-45)42-34(15)26(7)27(8)35(16)43(42)50(58)56-47-41-33(14)25(6)24(5)32(13)40(41)46(53-47)54-48(37)57/h18H,19H2,1-17H3/b51-44-,54-46-,55-49-,56-50-. The molecule has 1 aromatic heterocycles. The summed E-state index contributed by atoms with van der Waals surface area (Å²) in [5.74, 6) is 5.42. The van der Waals surface area contributed by atoms with E-state index in [0.717, 1.165) is 62.5 Å². The van der Waals surface area contributed by atoms with E-state index in [2.05, 4.69) is 126 Å². The fourth-order valence-electron chi connectivity index (χ4n) is 10.0. The number of aromatic nitrogens is 1. The Hall–Kier alpha value is -5.76. The highest BCUT2D eigenvalue weighted by Crippen LogP contribution is 2.43. The summed E-state index contributed by atoms with van der Waals surface area (Å²) < 4.78 is 2.31. The van der Waals surface area contributed by atoms with Crippen LogP contribution in [0, 0.1) is 111 Å². The Balaban J connectivity index is 1.44. The van der Waals surface area contributed by atoms with Crippen molar-refractivity contribution in [2.24, 2.45) is 30.0 Å². The third-order valence-electron chi connectivity index (χ3n) is 15.0. The summed E-state index contributed by atoms with van der Waals surface area (Å²) in [6.07, 6.45) is 2.29. The molecule has 0 spiro atoms. The van der Waals surface area contributed by atoms with E-state index in [9.17, 15) is 0 Å². The largest absolute Gasteiger partial charge is 0.313 e. The molecule has 5 aromatic rings. The highest BCUT2D eigenvalue weighted by Gasteiger charge is 2.41. The first kappa shape index (κ1) is 37.8. The lowest BCUT2D eigenvalue weighted by molar-refractivity contribution is 0.490. The van der Waals surface area contributed by atoms with Crippen molar-refractivity contribution in [1.29, 1.82) is 0 Å². The van der Waals surface area contributed by atoms with E-state index in [1.807, 2.05) is 7.05 Å². The molecule has 9 rings (SSSR count). The molecular formula is C50H54N8. The summed E-state index contributed by atoms with van der Waals surface area (Å²) in [7, 11) is 1.83. The summed E-state index contributed by atoms with van der Waals surface area (Å²) in [6, 6.07) is 0. The Labute approximate surface area is 343 Å². The number of fused-ring (bicyclic) bond motifs is 11. The Morgan fingerprint density at radius 3 is 1.48 bits per heavy atom. The van der Waals surface area contributed by atoms with E-state index in [1.54, 1.807) is 0 Å². The maximum absolute atomic E-state index is 5.71. The second kappa shape index (κ2) is 12.6. The topological polar surface area (TPSA) is 82.3 Å². The van der Waals surface area contributed by atoms with Gasteiger partial charge in [0.25, 0.3) is 0 Å². The molecule has 4 aromatic carbocycles. The average Bonchev–Trinajstić information content (AvgIpc) is 3.94. The number of benzene rings is 4. The van der Waals surface area contributed by atoms with Crippen molar-refractivity contribution in [1.82, 2.24) is 9.47 Å². The second-order valence-corrected chi connectivity index (χ2v) is 17.3. The fourth-order valence-corrected chi connectivity index (χ4v) is 10.0. The van der Waals surface area contributed by atoms with Crippen LogP contribution in [0.4, 0.5) is 5.82 Å². The van der Waals surface area contributed by atoms with E-state index >= 15 is 0 Å².